The van der Waals surface area contributed by atoms with Crippen molar-refractivity contribution in [2.75, 3.05) is 36.5 Å². The molecule has 0 aliphatic heterocycles. The van der Waals surface area contributed by atoms with Gasteiger partial charge in [-0.05, 0) is 29.7 Å². The van der Waals surface area contributed by atoms with E-state index in [1.165, 1.54) is 0 Å². The second-order valence-electron chi connectivity index (χ2n) is 7.49. The highest BCUT2D eigenvalue weighted by Crippen LogP contribution is 2.27. The highest BCUT2D eigenvalue weighted by Gasteiger charge is 2.17. The number of aromatic nitrogens is 4. The summed E-state index contributed by atoms with van der Waals surface area (Å²) in [5, 5.41) is 22.3. The molecule has 0 spiro atoms. The summed E-state index contributed by atoms with van der Waals surface area (Å²) in [4.78, 5) is 15.7. The molecule has 8 heteroatoms. The number of benzene rings is 2. The van der Waals surface area contributed by atoms with E-state index in [2.05, 4.69) is 41.5 Å². The van der Waals surface area contributed by atoms with Gasteiger partial charge in [-0.3, -0.25) is 0 Å². The van der Waals surface area contributed by atoms with Crippen LogP contribution in [-0.4, -0.2) is 56.0 Å². The summed E-state index contributed by atoms with van der Waals surface area (Å²) in [5.74, 6) is 1.04. The summed E-state index contributed by atoms with van der Waals surface area (Å²) in [7, 11) is 0. The van der Waals surface area contributed by atoms with E-state index < -0.39 is 0 Å². The molecule has 0 unspecified atom stereocenters. The first-order valence-corrected chi connectivity index (χ1v) is 10.9. The van der Waals surface area contributed by atoms with Crippen LogP contribution in [-0.2, 0) is 6.54 Å². The summed E-state index contributed by atoms with van der Waals surface area (Å²) in [6.07, 6.45) is 2.73. The molecule has 166 valence electrons. The minimum absolute atomic E-state index is 0.0562. The van der Waals surface area contributed by atoms with Gasteiger partial charge in [0.1, 0.15) is 0 Å². The molecular weight excluding hydrogens is 404 g/mol. The zero-order valence-corrected chi connectivity index (χ0v) is 18.1. The molecule has 0 aliphatic carbocycles. The predicted octanol–water partition coefficient (Wildman–Crippen LogP) is 3.44. The Morgan fingerprint density at radius 1 is 0.906 bits per heavy atom. The molecule has 0 saturated carbocycles. The Hall–Kier alpha value is -3.49. The van der Waals surface area contributed by atoms with Crippen LogP contribution in [0.5, 0.6) is 0 Å². The molecule has 0 bridgehead atoms. The topological polar surface area (TPSA) is 99.3 Å². The number of rotatable bonds is 10. The molecule has 0 amide bonds. The summed E-state index contributed by atoms with van der Waals surface area (Å²) >= 11 is 0. The minimum atomic E-state index is -0.0562. The zero-order valence-electron chi connectivity index (χ0n) is 18.1. The highest BCUT2D eigenvalue weighted by molar-refractivity contribution is 5.87. The fraction of sp³-hybridized carbons (Fsp3) is 0.292. The second kappa shape index (κ2) is 10.2. The Bertz CT molecular complexity index is 1140. The van der Waals surface area contributed by atoms with E-state index in [-0.39, 0.29) is 13.2 Å². The molecule has 4 aromatic rings. The fourth-order valence-electron chi connectivity index (χ4n) is 3.63. The quantitative estimate of drug-likeness (QED) is 0.353. The van der Waals surface area contributed by atoms with Crippen molar-refractivity contribution in [1.82, 2.24) is 19.5 Å². The van der Waals surface area contributed by atoms with Gasteiger partial charge in [0.05, 0.1) is 19.5 Å². The Morgan fingerprint density at radius 2 is 1.59 bits per heavy atom. The third-order valence-corrected chi connectivity index (χ3v) is 5.19. The first kappa shape index (κ1) is 21.7. The lowest BCUT2D eigenvalue weighted by Crippen LogP contribution is -2.31. The Labute approximate surface area is 187 Å². The largest absolute Gasteiger partial charge is 0.395 e. The maximum atomic E-state index is 9.45. The molecule has 0 saturated heterocycles. The van der Waals surface area contributed by atoms with E-state index in [0.717, 1.165) is 35.4 Å². The molecule has 4 rings (SSSR count). The van der Waals surface area contributed by atoms with Crippen LogP contribution in [0.2, 0.25) is 0 Å². The van der Waals surface area contributed by atoms with E-state index in [1.54, 1.807) is 11.2 Å². The number of anilines is 3. The molecule has 0 fully saturated rings. The van der Waals surface area contributed by atoms with Gasteiger partial charge in [-0.25, -0.2) is 4.98 Å². The zero-order chi connectivity index (χ0) is 22.3. The number of aliphatic hydroxyl groups is 2. The lowest BCUT2D eigenvalue weighted by molar-refractivity contribution is 0.280. The van der Waals surface area contributed by atoms with Crippen molar-refractivity contribution in [2.24, 2.45) is 0 Å². The monoisotopic (exact) mass is 432 g/mol. The van der Waals surface area contributed by atoms with Crippen molar-refractivity contribution in [2.45, 2.75) is 19.9 Å². The standard InChI is InChI=1S/C24H28N6O2/c1-2-12-30-17-25-21-22(27-24(28-23(21)30)29(13-15-31)14-16-32)26-20-10-8-19(9-11-20)18-6-4-3-5-7-18/h3-11,17,31-32H,2,12-16H2,1H3,(H,26,27,28). The maximum Gasteiger partial charge on any atom is 0.229 e. The van der Waals surface area contributed by atoms with Crippen LogP contribution >= 0.6 is 0 Å². The third kappa shape index (κ3) is 4.71. The van der Waals surface area contributed by atoms with E-state index >= 15 is 0 Å². The van der Waals surface area contributed by atoms with Crippen molar-refractivity contribution in [3.05, 3.63) is 60.9 Å². The molecular formula is C24H28N6O2. The van der Waals surface area contributed by atoms with Crippen LogP contribution in [0.15, 0.2) is 60.9 Å². The fourth-order valence-corrected chi connectivity index (χ4v) is 3.63. The van der Waals surface area contributed by atoms with Gasteiger partial charge in [0.2, 0.25) is 5.95 Å². The van der Waals surface area contributed by atoms with Crippen LogP contribution in [0.25, 0.3) is 22.3 Å². The van der Waals surface area contributed by atoms with Gasteiger partial charge in [-0.1, -0.05) is 49.4 Å². The molecule has 3 N–H and O–H groups in total. The number of hydrogen-bond donors (Lipinski definition) is 3. The number of fused-ring (bicyclic) bond motifs is 1. The van der Waals surface area contributed by atoms with E-state index in [1.807, 2.05) is 34.9 Å². The van der Waals surface area contributed by atoms with Crippen LogP contribution in [0, 0.1) is 0 Å². The average Bonchev–Trinajstić information content (AvgIpc) is 3.23. The third-order valence-electron chi connectivity index (χ3n) is 5.19. The maximum absolute atomic E-state index is 9.45. The van der Waals surface area contributed by atoms with Crippen molar-refractivity contribution in [3.8, 4) is 11.1 Å². The van der Waals surface area contributed by atoms with E-state index in [9.17, 15) is 10.2 Å². The lowest BCUT2D eigenvalue weighted by Gasteiger charge is -2.21. The number of nitrogens with one attached hydrogen (secondary N) is 1. The minimum Gasteiger partial charge on any atom is -0.395 e. The second-order valence-corrected chi connectivity index (χ2v) is 7.49. The van der Waals surface area contributed by atoms with Gasteiger partial charge < -0.3 is 25.0 Å². The van der Waals surface area contributed by atoms with Gasteiger partial charge >= 0.3 is 0 Å². The smallest absolute Gasteiger partial charge is 0.229 e. The molecule has 8 nitrogen and oxygen atoms in total. The van der Waals surface area contributed by atoms with Crippen molar-refractivity contribution in [3.63, 3.8) is 0 Å². The van der Waals surface area contributed by atoms with Crippen LogP contribution in [0.4, 0.5) is 17.5 Å². The lowest BCUT2D eigenvalue weighted by atomic mass is 10.1. The van der Waals surface area contributed by atoms with Crippen molar-refractivity contribution >= 4 is 28.6 Å². The van der Waals surface area contributed by atoms with Gasteiger partial charge in [0.25, 0.3) is 0 Å². The van der Waals surface area contributed by atoms with Gasteiger partial charge in [-0.15, -0.1) is 0 Å². The molecule has 0 radical (unpaired) electrons. The first-order chi connectivity index (χ1) is 15.7. The van der Waals surface area contributed by atoms with Gasteiger partial charge in [0.15, 0.2) is 17.0 Å². The number of imidazole rings is 1. The Balaban J connectivity index is 1.70. The van der Waals surface area contributed by atoms with Crippen molar-refractivity contribution in [1.29, 1.82) is 0 Å². The highest BCUT2D eigenvalue weighted by atomic mass is 16.3. The summed E-state index contributed by atoms with van der Waals surface area (Å²) < 4.78 is 2.00. The average molecular weight is 433 g/mol. The van der Waals surface area contributed by atoms with Crippen molar-refractivity contribution < 1.29 is 10.2 Å². The van der Waals surface area contributed by atoms with Gasteiger partial charge in [-0.2, -0.15) is 9.97 Å². The number of hydrogen-bond acceptors (Lipinski definition) is 7. The molecule has 2 aromatic heterocycles. The Morgan fingerprint density at radius 3 is 2.25 bits per heavy atom. The van der Waals surface area contributed by atoms with Gasteiger partial charge in [0, 0.05) is 25.3 Å². The number of aryl methyl sites for hydroxylation is 1. The van der Waals surface area contributed by atoms with E-state index in [4.69, 9.17) is 9.97 Å². The number of nitrogens with zero attached hydrogens (tertiary/aromatic N) is 5. The first-order valence-electron chi connectivity index (χ1n) is 10.9. The molecule has 0 aliphatic rings. The summed E-state index contributed by atoms with van der Waals surface area (Å²) in [6.45, 7) is 3.44. The number of aliphatic hydroxyl groups excluding tert-OH is 2. The summed E-state index contributed by atoms with van der Waals surface area (Å²) in [5.41, 5.74) is 4.58. The molecule has 32 heavy (non-hydrogen) atoms. The summed E-state index contributed by atoms with van der Waals surface area (Å²) in [6, 6.07) is 18.4. The van der Waals surface area contributed by atoms with Crippen LogP contribution in [0.3, 0.4) is 0 Å². The van der Waals surface area contributed by atoms with Crippen LogP contribution < -0.4 is 10.2 Å². The predicted molar refractivity (Wildman–Crippen MR) is 127 cm³/mol. The Kier molecular flexibility index (Phi) is 6.94. The van der Waals surface area contributed by atoms with Crippen LogP contribution in [0.1, 0.15) is 13.3 Å². The SMILES string of the molecule is CCCn1cnc2c(Nc3ccc(-c4ccccc4)cc3)nc(N(CCO)CCO)nc21. The van der Waals surface area contributed by atoms with E-state index in [0.29, 0.717) is 30.4 Å². The molecule has 2 heterocycles. The molecule has 2 aromatic carbocycles. The normalized spacial score (nSPS) is 11.1. The molecule has 0 atom stereocenters.